The standard InChI is InChI=1S/C25H18Cl2N2O6S/c1-34-21-11-17(10-20(27)23(21)35-14-16-4-8-19(9-5-16)29(32)33)12-22-24(30)28(25(31)36-22)13-15-2-6-18(26)7-3-15/h2-12H,13-14H2,1H3/b22-12-. The average Bonchev–Trinajstić information content (AvgIpc) is 3.11. The highest BCUT2D eigenvalue weighted by Gasteiger charge is 2.35. The molecular weight excluding hydrogens is 527 g/mol. The van der Waals surface area contributed by atoms with Gasteiger partial charge < -0.3 is 9.47 Å². The van der Waals surface area contributed by atoms with Crippen LogP contribution in [0, 0.1) is 10.1 Å². The molecule has 0 saturated carbocycles. The summed E-state index contributed by atoms with van der Waals surface area (Å²) in [7, 11) is 1.45. The molecule has 11 heteroatoms. The Balaban J connectivity index is 1.50. The van der Waals surface area contributed by atoms with Crippen molar-refractivity contribution < 1.29 is 24.0 Å². The lowest BCUT2D eigenvalue weighted by molar-refractivity contribution is -0.384. The quantitative estimate of drug-likeness (QED) is 0.176. The summed E-state index contributed by atoms with van der Waals surface area (Å²) >= 11 is 13.2. The van der Waals surface area contributed by atoms with Crippen molar-refractivity contribution in [3.63, 3.8) is 0 Å². The van der Waals surface area contributed by atoms with Crippen molar-refractivity contribution in [2.75, 3.05) is 7.11 Å². The monoisotopic (exact) mass is 544 g/mol. The highest BCUT2D eigenvalue weighted by molar-refractivity contribution is 8.18. The lowest BCUT2D eigenvalue weighted by Crippen LogP contribution is -2.27. The van der Waals surface area contributed by atoms with Gasteiger partial charge >= 0.3 is 0 Å². The van der Waals surface area contributed by atoms with Crippen LogP contribution in [0.3, 0.4) is 0 Å². The summed E-state index contributed by atoms with van der Waals surface area (Å²) in [4.78, 5) is 37.1. The zero-order valence-electron chi connectivity index (χ0n) is 18.8. The van der Waals surface area contributed by atoms with Gasteiger partial charge in [0.05, 0.1) is 28.5 Å². The van der Waals surface area contributed by atoms with Crippen molar-refractivity contribution in [3.05, 3.63) is 102 Å². The van der Waals surface area contributed by atoms with E-state index in [1.165, 1.54) is 24.1 Å². The molecule has 0 radical (unpaired) electrons. The number of hydrogen-bond acceptors (Lipinski definition) is 7. The summed E-state index contributed by atoms with van der Waals surface area (Å²) in [5.41, 5.74) is 2.02. The van der Waals surface area contributed by atoms with Gasteiger partial charge in [-0.25, -0.2) is 0 Å². The van der Waals surface area contributed by atoms with Crippen LogP contribution in [0.5, 0.6) is 11.5 Å². The van der Waals surface area contributed by atoms with Gasteiger partial charge in [-0.2, -0.15) is 0 Å². The Morgan fingerprint density at radius 1 is 1.03 bits per heavy atom. The zero-order chi connectivity index (χ0) is 25.8. The highest BCUT2D eigenvalue weighted by atomic mass is 35.5. The number of carbonyl (C=O) groups excluding carboxylic acids is 2. The number of nitrogens with zero attached hydrogens (tertiary/aromatic N) is 2. The third kappa shape index (κ3) is 5.81. The van der Waals surface area contributed by atoms with E-state index in [-0.39, 0.29) is 39.8 Å². The molecule has 1 aliphatic heterocycles. The number of methoxy groups -OCH3 is 1. The Morgan fingerprint density at radius 2 is 1.69 bits per heavy atom. The molecule has 1 fully saturated rings. The van der Waals surface area contributed by atoms with Gasteiger partial charge in [0, 0.05) is 17.2 Å². The molecule has 0 unspecified atom stereocenters. The third-order valence-electron chi connectivity index (χ3n) is 5.21. The second kappa shape index (κ2) is 11.0. The fourth-order valence-electron chi connectivity index (χ4n) is 3.39. The molecule has 0 bridgehead atoms. The van der Waals surface area contributed by atoms with Crippen molar-refractivity contribution in [3.8, 4) is 11.5 Å². The normalized spacial score (nSPS) is 14.4. The van der Waals surface area contributed by atoms with Crippen LogP contribution in [0.15, 0.2) is 65.6 Å². The Morgan fingerprint density at radius 3 is 2.33 bits per heavy atom. The summed E-state index contributed by atoms with van der Waals surface area (Å²) in [5, 5.41) is 11.2. The molecule has 36 heavy (non-hydrogen) atoms. The first-order valence-corrected chi connectivity index (χ1v) is 12.1. The molecule has 0 aliphatic carbocycles. The van der Waals surface area contributed by atoms with E-state index < -0.39 is 10.8 Å². The molecule has 0 aromatic heterocycles. The van der Waals surface area contributed by atoms with Crippen LogP contribution >= 0.6 is 35.0 Å². The van der Waals surface area contributed by atoms with Gasteiger partial charge in [-0.1, -0.05) is 35.3 Å². The molecule has 1 saturated heterocycles. The Bertz CT molecular complexity index is 1360. The van der Waals surface area contributed by atoms with Gasteiger partial charge in [-0.15, -0.1) is 0 Å². The Kier molecular flexibility index (Phi) is 7.83. The predicted octanol–water partition coefficient (Wildman–Crippen LogP) is 6.73. The molecule has 2 amide bonds. The van der Waals surface area contributed by atoms with E-state index in [2.05, 4.69) is 0 Å². The molecule has 3 aromatic carbocycles. The second-order valence-electron chi connectivity index (χ2n) is 7.64. The van der Waals surface area contributed by atoms with Crippen LogP contribution in [0.1, 0.15) is 16.7 Å². The Labute approximate surface area is 220 Å². The lowest BCUT2D eigenvalue weighted by Gasteiger charge is -2.14. The summed E-state index contributed by atoms with van der Waals surface area (Å²) in [6, 6.07) is 16.1. The van der Waals surface area contributed by atoms with Crippen LogP contribution < -0.4 is 9.47 Å². The first kappa shape index (κ1) is 25.6. The first-order chi connectivity index (χ1) is 17.2. The van der Waals surface area contributed by atoms with Gasteiger partial charge in [-0.05, 0) is 70.9 Å². The SMILES string of the molecule is COc1cc(/C=C2\SC(=O)N(Cc3ccc(Cl)cc3)C2=O)cc(Cl)c1OCc1ccc([N+](=O)[O-])cc1. The van der Waals surface area contributed by atoms with E-state index in [1.807, 2.05) is 0 Å². The topological polar surface area (TPSA) is 99.0 Å². The minimum Gasteiger partial charge on any atom is -0.493 e. The minimum absolute atomic E-state index is 0.0173. The first-order valence-electron chi connectivity index (χ1n) is 10.5. The van der Waals surface area contributed by atoms with Gasteiger partial charge in [0.25, 0.3) is 16.8 Å². The van der Waals surface area contributed by atoms with Crippen LogP contribution in [0.4, 0.5) is 10.5 Å². The van der Waals surface area contributed by atoms with Crippen LogP contribution in [-0.2, 0) is 17.9 Å². The molecule has 0 atom stereocenters. The average molecular weight is 545 g/mol. The molecule has 0 N–H and O–H groups in total. The van der Waals surface area contributed by atoms with Gasteiger partial charge in [0.2, 0.25) is 0 Å². The zero-order valence-corrected chi connectivity index (χ0v) is 21.1. The third-order valence-corrected chi connectivity index (χ3v) is 6.65. The summed E-state index contributed by atoms with van der Waals surface area (Å²) < 4.78 is 11.2. The van der Waals surface area contributed by atoms with Gasteiger partial charge in [0.15, 0.2) is 11.5 Å². The lowest BCUT2D eigenvalue weighted by atomic mass is 10.1. The number of halogens is 2. The number of imide groups is 1. The van der Waals surface area contributed by atoms with Crippen molar-refractivity contribution in [1.29, 1.82) is 0 Å². The van der Waals surface area contributed by atoms with E-state index in [4.69, 9.17) is 32.7 Å². The number of nitro benzene ring substituents is 1. The molecule has 184 valence electrons. The van der Waals surface area contributed by atoms with E-state index >= 15 is 0 Å². The number of non-ortho nitro benzene ring substituents is 1. The maximum Gasteiger partial charge on any atom is 0.293 e. The summed E-state index contributed by atoms with van der Waals surface area (Å²) in [6.45, 7) is 0.246. The Hall–Kier alpha value is -3.53. The van der Waals surface area contributed by atoms with Crippen molar-refractivity contribution >= 4 is 57.9 Å². The van der Waals surface area contributed by atoms with Crippen molar-refractivity contribution in [2.45, 2.75) is 13.2 Å². The number of benzene rings is 3. The minimum atomic E-state index is -0.477. The van der Waals surface area contributed by atoms with E-state index in [0.717, 1.165) is 17.3 Å². The largest absolute Gasteiger partial charge is 0.493 e. The van der Waals surface area contributed by atoms with E-state index in [9.17, 15) is 19.7 Å². The smallest absolute Gasteiger partial charge is 0.293 e. The van der Waals surface area contributed by atoms with Crippen LogP contribution in [0.2, 0.25) is 10.0 Å². The molecule has 1 aliphatic rings. The summed E-state index contributed by atoms with van der Waals surface area (Å²) in [5.74, 6) is 0.204. The van der Waals surface area contributed by atoms with Crippen molar-refractivity contribution in [2.24, 2.45) is 0 Å². The molecule has 8 nitrogen and oxygen atoms in total. The molecule has 1 heterocycles. The summed E-state index contributed by atoms with van der Waals surface area (Å²) in [6.07, 6.45) is 1.57. The number of carbonyl (C=O) groups is 2. The number of hydrogen-bond donors (Lipinski definition) is 0. The number of rotatable bonds is 8. The van der Waals surface area contributed by atoms with Crippen LogP contribution in [0.25, 0.3) is 6.08 Å². The van der Waals surface area contributed by atoms with Gasteiger partial charge in [0.1, 0.15) is 6.61 Å². The molecule has 3 aromatic rings. The molecular formula is C25H18Cl2N2O6S. The maximum atomic E-state index is 12.9. The van der Waals surface area contributed by atoms with E-state index in [1.54, 1.807) is 54.6 Å². The number of thioether (sulfide) groups is 1. The number of nitro groups is 1. The predicted molar refractivity (Wildman–Crippen MR) is 138 cm³/mol. The molecule has 4 rings (SSSR count). The van der Waals surface area contributed by atoms with E-state index in [0.29, 0.717) is 21.9 Å². The van der Waals surface area contributed by atoms with Crippen molar-refractivity contribution in [1.82, 2.24) is 4.90 Å². The fraction of sp³-hybridized carbons (Fsp3) is 0.120. The van der Waals surface area contributed by atoms with Gasteiger partial charge in [-0.3, -0.25) is 24.6 Å². The maximum absolute atomic E-state index is 12.9. The second-order valence-corrected chi connectivity index (χ2v) is 9.48. The fourth-order valence-corrected chi connectivity index (χ4v) is 4.63. The van der Waals surface area contributed by atoms with Crippen LogP contribution in [-0.4, -0.2) is 28.1 Å². The molecule has 0 spiro atoms. The highest BCUT2D eigenvalue weighted by Crippen LogP contribution is 2.39. The number of amides is 2. The number of ether oxygens (including phenoxy) is 2.